The highest BCUT2D eigenvalue weighted by atomic mass is 16.5. The lowest BCUT2D eigenvalue weighted by molar-refractivity contribution is -0.136. The number of carbonyl (C=O) groups is 1. The predicted octanol–water partition coefficient (Wildman–Crippen LogP) is 1.78. The van der Waals surface area contributed by atoms with Gasteiger partial charge in [-0.1, -0.05) is 36.6 Å². The molecule has 0 atom stereocenters. The van der Waals surface area contributed by atoms with Gasteiger partial charge in [-0.2, -0.15) is 0 Å². The van der Waals surface area contributed by atoms with Crippen molar-refractivity contribution in [3.05, 3.63) is 48.0 Å². The van der Waals surface area contributed by atoms with Crippen molar-refractivity contribution in [1.29, 1.82) is 0 Å². The third-order valence-corrected chi connectivity index (χ3v) is 1.93. The molecule has 3 heteroatoms. The van der Waals surface area contributed by atoms with E-state index in [4.69, 9.17) is 4.74 Å². The van der Waals surface area contributed by atoms with E-state index in [0.717, 1.165) is 5.56 Å². The van der Waals surface area contributed by atoms with Crippen molar-refractivity contribution in [1.82, 2.24) is 0 Å². The van der Waals surface area contributed by atoms with E-state index in [2.05, 4.69) is 23.2 Å². The van der Waals surface area contributed by atoms with Gasteiger partial charge >= 0.3 is 5.97 Å². The second kappa shape index (κ2) is 7.26. The third-order valence-electron chi connectivity index (χ3n) is 1.93. The number of hydrogen-bond donors (Lipinski definition) is 0. The maximum Gasteiger partial charge on any atom is 0.335 e. The van der Waals surface area contributed by atoms with Gasteiger partial charge in [-0.25, -0.2) is 4.79 Å². The molecule has 0 unspecified atom stereocenters. The second-order valence-electron chi connectivity index (χ2n) is 3.26. The topological polar surface area (TPSA) is 35.5 Å². The van der Waals surface area contributed by atoms with Crippen LogP contribution in [0.15, 0.2) is 42.5 Å². The minimum Gasteiger partial charge on any atom is -0.466 e. The van der Waals surface area contributed by atoms with Crippen LogP contribution in [0.2, 0.25) is 0 Å². The van der Waals surface area contributed by atoms with Gasteiger partial charge in [0.2, 0.25) is 0 Å². The van der Waals surface area contributed by atoms with E-state index in [1.54, 1.807) is 0 Å². The van der Waals surface area contributed by atoms with E-state index in [1.807, 2.05) is 30.3 Å². The van der Waals surface area contributed by atoms with Gasteiger partial charge < -0.3 is 9.47 Å². The lowest BCUT2D eigenvalue weighted by atomic mass is 10.2. The lowest BCUT2D eigenvalue weighted by Gasteiger charge is -2.01. The summed E-state index contributed by atoms with van der Waals surface area (Å²) in [6.45, 7) is 3.92. The van der Waals surface area contributed by atoms with Crippen molar-refractivity contribution in [3.8, 4) is 11.8 Å². The molecule has 0 fully saturated rings. The molecule has 0 saturated carbocycles. The molecule has 0 aliphatic rings. The number of benzene rings is 1. The Hall–Kier alpha value is -2.05. The minimum atomic E-state index is -0.457. The van der Waals surface area contributed by atoms with Gasteiger partial charge in [0.1, 0.15) is 6.61 Å². The average molecular weight is 230 g/mol. The molecule has 0 N–H and O–H groups in total. The summed E-state index contributed by atoms with van der Waals surface area (Å²) in [5.74, 6) is 5.33. The number of methoxy groups -OCH3 is 1. The number of hydrogen-bond acceptors (Lipinski definition) is 3. The Morgan fingerprint density at radius 3 is 2.71 bits per heavy atom. The molecule has 88 valence electrons. The lowest BCUT2D eigenvalue weighted by Crippen LogP contribution is -2.09. The Morgan fingerprint density at radius 2 is 2.06 bits per heavy atom. The Balaban J connectivity index is 2.28. The van der Waals surface area contributed by atoms with E-state index in [-0.39, 0.29) is 18.8 Å². The van der Waals surface area contributed by atoms with Crippen LogP contribution >= 0.6 is 0 Å². The first kappa shape index (κ1) is 13.0. The highest BCUT2D eigenvalue weighted by Crippen LogP contribution is 1.96. The highest BCUT2D eigenvalue weighted by Gasteiger charge is 2.04. The summed E-state index contributed by atoms with van der Waals surface area (Å²) in [6, 6.07) is 9.61. The predicted molar refractivity (Wildman–Crippen MR) is 65.3 cm³/mol. The quantitative estimate of drug-likeness (QED) is 0.342. The van der Waals surface area contributed by atoms with E-state index in [0.29, 0.717) is 0 Å². The molecule has 3 nitrogen and oxygen atoms in total. The summed E-state index contributed by atoms with van der Waals surface area (Å²) in [5.41, 5.74) is 1.22. The van der Waals surface area contributed by atoms with Crippen molar-refractivity contribution in [2.75, 3.05) is 20.3 Å². The zero-order valence-electron chi connectivity index (χ0n) is 9.73. The molecule has 1 aromatic rings. The Labute approximate surface area is 101 Å². The molecule has 0 saturated heterocycles. The molecular formula is C14H14O3. The molecule has 0 bridgehead atoms. The largest absolute Gasteiger partial charge is 0.466 e. The van der Waals surface area contributed by atoms with Crippen LogP contribution in [0.3, 0.4) is 0 Å². The van der Waals surface area contributed by atoms with Gasteiger partial charge in [0.15, 0.2) is 0 Å². The Bertz CT molecular complexity index is 438. The van der Waals surface area contributed by atoms with Gasteiger partial charge in [0.05, 0.1) is 19.3 Å². The number of ether oxygens (including phenoxy) is 2. The summed E-state index contributed by atoms with van der Waals surface area (Å²) >= 11 is 0. The molecular weight excluding hydrogens is 216 g/mol. The van der Waals surface area contributed by atoms with Crippen LogP contribution in [-0.2, 0) is 14.3 Å². The molecule has 0 spiro atoms. The fourth-order valence-corrected chi connectivity index (χ4v) is 1.09. The normalized spacial score (nSPS) is 9.00. The summed E-state index contributed by atoms with van der Waals surface area (Å²) in [5, 5.41) is 0. The van der Waals surface area contributed by atoms with Crippen molar-refractivity contribution in [2.24, 2.45) is 0 Å². The molecule has 1 rings (SSSR count). The molecule has 0 amide bonds. The van der Waals surface area contributed by atoms with Gasteiger partial charge in [0.25, 0.3) is 0 Å². The highest BCUT2D eigenvalue weighted by molar-refractivity contribution is 5.87. The average Bonchev–Trinajstić information content (AvgIpc) is 2.38. The Kier molecular flexibility index (Phi) is 5.56. The first-order valence-corrected chi connectivity index (χ1v) is 5.12. The van der Waals surface area contributed by atoms with E-state index >= 15 is 0 Å². The van der Waals surface area contributed by atoms with Gasteiger partial charge in [-0.15, -0.1) is 0 Å². The number of esters is 1. The van der Waals surface area contributed by atoms with E-state index < -0.39 is 5.97 Å². The van der Waals surface area contributed by atoms with Crippen LogP contribution in [0.25, 0.3) is 0 Å². The summed E-state index contributed by atoms with van der Waals surface area (Å²) < 4.78 is 9.65. The van der Waals surface area contributed by atoms with Crippen LogP contribution in [0.5, 0.6) is 0 Å². The summed E-state index contributed by atoms with van der Waals surface area (Å²) in [7, 11) is 1.31. The van der Waals surface area contributed by atoms with Gasteiger partial charge in [0, 0.05) is 5.56 Å². The minimum absolute atomic E-state index is 0.135. The molecule has 0 aliphatic carbocycles. The van der Waals surface area contributed by atoms with Crippen molar-refractivity contribution in [2.45, 2.75) is 0 Å². The van der Waals surface area contributed by atoms with Gasteiger partial charge in [-0.05, 0) is 12.1 Å². The maximum atomic E-state index is 11.0. The maximum absolute atomic E-state index is 11.0. The van der Waals surface area contributed by atoms with Crippen molar-refractivity contribution < 1.29 is 14.3 Å². The molecule has 17 heavy (non-hydrogen) atoms. The molecule has 1 aromatic carbocycles. The fourth-order valence-electron chi connectivity index (χ4n) is 1.09. The van der Waals surface area contributed by atoms with Crippen LogP contribution in [-0.4, -0.2) is 26.3 Å². The van der Waals surface area contributed by atoms with Gasteiger partial charge in [-0.3, -0.25) is 0 Å². The van der Waals surface area contributed by atoms with Crippen LogP contribution in [0, 0.1) is 11.8 Å². The first-order valence-electron chi connectivity index (χ1n) is 5.12. The third kappa shape index (κ3) is 5.01. The smallest absolute Gasteiger partial charge is 0.335 e. The first-order chi connectivity index (χ1) is 8.24. The number of carbonyl (C=O) groups excluding carboxylic acids is 1. The second-order valence-corrected chi connectivity index (χ2v) is 3.26. The summed E-state index contributed by atoms with van der Waals surface area (Å²) in [6.07, 6.45) is 0. The number of rotatable bonds is 4. The van der Waals surface area contributed by atoms with Crippen LogP contribution in [0.4, 0.5) is 0 Å². The molecule has 0 heterocycles. The Morgan fingerprint density at radius 1 is 1.35 bits per heavy atom. The molecule has 0 aromatic heterocycles. The van der Waals surface area contributed by atoms with Crippen LogP contribution in [0.1, 0.15) is 5.56 Å². The van der Waals surface area contributed by atoms with Crippen molar-refractivity contribution in [3.63, 3.8) is 0 Å². The zero-order chi connectivity index (χ0) is 12.5. The standard InChI is InChI=1S/C14H14O3/c1-12(14(15)16-2)11-17-10-6-9-13-7-4-3-5-8-13/h3-5,7-8H,1,10-11H2,2H3. The van der Waals surface area contributed by atoms with Crippen molar-refractivity contribution >= 4 is 5.97 Å². The monoisotopic (exact) mass is 230 g/mol. The summed E-state index contributed by atoms with van der Waals surface area (Å²) in [4.78, 5) is 11.0. The fraction of sp³-hybridized carbons (Fsp3) is 0.214. The van der Waals surface area contributed by atoms with E-state index in [9.17, 15) is 4.79 Å². The molecule has 0 aliphatic heterocycles. The van der Waals surface area contributed by atoms with Crippen LogP contribution < -0.4 is 0 Å². The SMILES string of the molecule is C=C(COCC#Cc1ccccc1)C(=O)OC. The zero-order valence-corrected chi connectivity index (χ0v) is 9.73. The van der Waals surface area contributed by atoms with E-state index in [1.165, 1.54) is 7.11 Å². The molecule has 0 radical (unpaired) electrons.